The molecular weight excluding hydrogens is 659 g/mol. The zero-order valence-corrected chi connectivity index (χ0v) is 31.4. The third-order valence-electron chi connectivity index (χ3n) is 10.2. The minimum atomic E-state index is -3.87. The van der Waals surface area contributed by atoms with Crippen molar-refractivity contribution in [1.29, 1.82) is 0 Å². The first-order chi connectivity index (χ1) is 23.3. The van der Waals surface area contributed by atoms with Gasteiger partial charge in [0.1, 0.15) is 17.6 Å². The van der Waals surface area contributed by atoms with E-state index in [1.807, 2.05) is 51.1 Å². The molecule has 1 aromatic heterocycles. The largest absolute Gasteiger partial charge is 0.465 e. The second-order valence-electron chi connectivity index (χ2n) is 15.8. The molecule has 13 heteroatoms. The molecule has 0 bridgehead atoms. The average molecular weight is 716 g/mol. The lowest BCUT2D eigenvalue weighted by atomic mass is 9.72. The number of carbonyl (C=O) groups is 3. The molecule has 1 aliphatic heterocycles. The number of urea groups is 1. The summed E-state index contributed by atoms with van der Waals surface area (Å²) in [5, 5.41) is 23.2. The van der Waals surface area contributed by atoms with E-state index in [9.17, 15) is 27.9 Å². The van der Waals surface area contributed by atoms with Crippen LogP contribution in [0, 0.1) is 18.8 Å². The Labute approximate surface area is 297 Å². The summed E-state index contributed by atoms with van der Waals surface area (Å²) >= 11 is 0. The molecule has 0 spiro atoms. The lowest BCUT2D eigenvalue weighted by Gasteiger charge is -2.47. The number of sulfone groups is 1. The van der Waals surface area contributed by atoms with Gasteiger partial charge in [0.2, 0.25) is 11.8 Å². The van der Waals surface area contributed by atoms with Gasteiger partial charge < -0.3 is 30.8 Å². The molecule has 278 valence electrons. The van der Waals surface area contributed by atoms with Crippen LogP contribution >= 0.6 is 0 Å². The van der Waals surface area contributed by atoms with Crippen LogP contribution in [0.25, 0.3) is 0 Å². The molecule has 1 saturated heterocycles. The molecule has 50 heavy (non-hydrogen) atoms. The highest BCUT2D eigenvalue weighted by atomic mass is 32.2. The Hall–Kier alpha value is -3.42. The molecular formula is C37H57N5O7S. The third kappa shape index (κ3) is 10.6. The van der Waals surface area contributed by atoms with E-state index in [4.69, 9.17) is 4.42 Å². The number of piperidine rings is 1. The summed E-state index contributed by atoms with van der Waals surface area (Å²) in [4.78, 5) is 42.9. The summed E-state index contributed by atoms with van der Waals surface area (Å²) in [7, 11) is -3.87. The smallest absolute Gasteiger partial charge is 0.315 e. The number of β-amino-alcohol motifs (C(OH)–C–C–N with tert-alkyl or cyclic N) is 1. The summed E-state index contributed by atoms with van der Waals surface area (Å²) in [5.74, 6) is 1.21. The molecule has 1 aromatic carbocycles. The molecule has 1 aliphatic carbocycles. The van der Waals surface area contributed by atoms with E-state index in [0.29, 0.717) is 36.3 Å². The minimum Gasteiger partial charge on any atom is -0.465 e. The maximum Gasteiger partial charge on any atom is 0.315 e. The van der Waals surface area contributed by atoms with E-state index < -0.39 is 56.3 Å². The highest BCUT2D eigenvalue weighted by Gasteiger charge is 2.46. The Morgan fingerprint density at radius 3 is 2.24 bits per heavy atom. The molecule has 1 saturated carbocycles. The number of likely N-dealkylation sites (tertiary alicyclic amines) is 1. The number of furan rings is 1. The standard InChI is InChI=1S/C37H57N5O7S/c1-24-17-18-28(49-24)21-38-35(46)40-32(37(5,6)50(7,47)48)34(45)39-29(19-25-13-9-8-10-14-25)31(43)23-42-22-27-16-12-11-15-26(27)20-30(42)33(44)41-36(2,3)4/h8-10,13-14,17-18,26-27,29-32,43H,11-12,15-16,19-23H2,1-7H3,(H,39,45)(H,41,44)(H2,38,40,46)/t26-,27+,29-,30-,31+,32+/m0/s1. The van der Waals surface area contributed by atoms with E-state index in [-0.39, 0.29) is 25.4 Å². The van der Waals surface area contributed by atoms with Crippen molar-refractivity contribution in [3.05, 3.63) is 59.5 Å². The summed E-state index contributed by atoms with van der Waals surface area (Å²) in [6.45, 7) is 11.2. The summed E-state index contributed by atoms with van der Waals surface area (Å²) in [6, 6.07) is 9.29. The molecule has 4 rings (SSSR count). The van der Waals surface area contributed by atoms with Gasteiger partial charge in [-0.2, -0.15) is 0 Å². The van der Waals surface area contributed by atoms with Gasteiger partial charge in [-0.05, 0) is 90.3 Å². The van der Waals surface area contributed by atoms with Crippen molar-refractivity contribution in [2.45, 2.75) is 121 Å². The highest BCUT2D eigenvalue weighted by Crippen LogP contribution is 2.39. The third-order valence-corrected chi connectivity index (χ3v) is 12.4. The molecule has 2 fully saturated rings. The molecule has 4 amide bonds. The highest BCUT2D eigenvalue weighted by molar-refractivity contribution is 7.92. The molecule has 0 unspecified atom stereocenters. The number of fused-ring (bicyclic) bond motifs is 1. The van der Waals surface area contributed by atoms with Crippen molar-refractivity contribution in [2.24, 2.45) is 11.8 Å². The summed E-state index contributed by atoms with van der Waals surface area (Å²) < 4.78 is 29.8. The quantitative estimate of drug-likeness (QED) is 0.210. The van der Waals surface area contributed by atoms with Crippen LogP contribution in [0.3, 0.4) is 0 Å². The fourth-order valence-electron chi connectivity index (χ4n) is 7.11. The maximum absolute atomic E-state index is 14.1. The van der Waals surface area contributed by atoms with Crippen LogP contribution in [0.4, 0.5) is 4.79 Å². The Kier molecular flexibility index (Phi) is 12.8. The van der Waals surface area contributed by atoms with Gasteiger partial charge in [0, 0.05) is 24.9 Å². The number of hydrogen-bond donors (Lipinski definition) is 5. The fraction of sp³-hybridized carbons (Fsp3) is 0.649. The molecule has 2 aromatic rings. The topological polar surface area (TPSA) is 170 Å². The SMILES string of the molecule is Cc1ccc(CNC(=O)N[C@H](C(=O)N[C@@H](Cc2ccccc2)[C@H](O)CN2C[C@H]3CCCC[C@H]3C[C@H]2C(=O)NC(C)(C)C)C(C)(C)S(C)(=O)=O)o1. The molecule has 2 aliphatic rings. The van der Waals surface area contributed by atoms with E-state index in [1.165, 1.54) is 13.8 Å². The second kappa shape index (κ2) is 16.3. The van der Waals surface area contributed by atoms with Gasteiger partial charge in [-0.1, -0.05) is 49.6 Å². The predicted molar refractivity (Wildman–Crippen MR) is 193 cm³/mol. The van der Waals surface area contributed by atoms with Crippen LogP contribution in [0.15, 0.2) is 46.9 Å². The van der Waals surface area contributed by atoms with Crippen LogP contribution in [0.2, 0.25) is 0 Å². The Bertz CT molecular complexity index is 1570. The maximum atomic E-state index is 14.1. The lowest BCUT2D eigenvalue weighted by molar-refractivity contribution is -0.133. The van der Waals surface area contributed by atoms with Crippen LogP contribution in [0.5, 0.6) is 0 Å². The summed E-state index contributed by atoms with van der Waals surface area (Å²) in [5.41, 5.74) is 0.426. The van der Waals surface area contributed by atoms with Crippen LogP contribution in [0.1, 0.15) is 83.8 Å². The van der Waals surface area contributed by atoms with Crippen molar-refractivity contribution >= 4 is 27.7 Å². The number of rotatable bonds is 13. The Morgan fingerprint density at radius 2 is 1.64 bits per heavy atom. The summed E-state index contributed by atoms with van der Waals surface area (Å²) in [6.07, 6.45) is 5.30. The molecule has 5 N–H and O–H groups in total. The van der Waals surface area contributed by atoms with Gasteiger partial charge in [0.05, 0.1) is 29.5 Å². The van der Waals surface area contributed by atoms with Crippen LogP contribution in [-0.2, 0) is 32.4 Å². The first-order valence-electron chi connectivity index (χ1n) is 17.7. The van der Waals surface area contributed by atoms with Crippen molar-refractivity contribution in [3.63, 3.8) is 0 Å². The minimum absolute atomic E-state index is 0.0320. The number of hydrogen-bond acceptors (Lipinski definition) is 8. The number of nitrogens with zero attached hydrogens (tertiary/aromatic N) is 1. The van der Waals surface area contributed by atoms with E-state index >= 15 is 0 Å². The number of aryl methyl sites for hydroxylation is 1. The van der Waals surface area contributed by atoms with Crippen molar-refractivity contribution < 1.29 is 32.3 Å². The lowest BCUT2D eigenvalue weighted by Crippen LogP contribution is -2.64. The molecule has 12 nitrogen and oxygen atoms in total. The van der Waals surface area contributed by atoms with Gasteiger partial charge in [-0.25, -0.2) is 13.2 Å². The van der Waals surface area contributed by atoms with Gasteiger partial charge >= 0.3 is 6.03 Å². The zero-order valence-electron chi connectivity index (χ0n) is 30.6. The van der Waals surface area contributed by atoms with E-state index in [2.05, 4.69) is 26.2 Å². The van der Waals surface area contributed by atoms with Gasteiger partial charge in [0.15, 0.2) is 9.84 Å². The van der Waals surface area contributed by atoms with E-state index in [0.717, 1.165) is 37.5 Å². The number of aliphatic hydroxyl groups is 1. The van der Waals surface area contributed by atoms with E-state index in [1.54, 1.807) is 19.1 Å². The van der Waals surface area contributed by atoms with Crippen LogP contribution in [-0.4, -0.2) is 90.1 Å². The Morgan fingerprint density at radius 1 is 0.980 bits per heavy atom. The fourth-order valence-corrected chi connectivity index (χ4v) is 7.70. The first-order valence-corrected chi connectivity index (χ1v) is 19.6. The second-order valence-corrected chi connectivity index (χ2v) is 18.4. The number of benzene rings is 1. The molecule has 6 atom stereocenters. The molecule has 2 heterocycles. The number of nitrogens with one attached hydrogen (secondary N) is 4. The van der Waals surface area contributed by atoms with Crippen molar-refractivity contribution in [3.8, 4) is 0 Å². The first kappa shape index (κ1) is 39.4. The Balaban J connectivity index is 1.58. The van der Waals surface area contributed by atoms with Crippen molar-refractivity contribution in [1.82, 2.24) is 26.2 Å². The number of amides is 4. The van der Waals surface area contributed by atoms with Gasteiger partial charge in [-0.3, -0.25) is 14.5 Å². The van der Waals surface area contributed by atoms with Crippen LogP contribution < -0.4 is 21.3 Å². The number of carbonyl (C=O) groups excluding carboxylic acids is 3. The average Bonchev–Trinajstić information content (AvgIpc) is 3.45. The molecule has 0 radical (unpaired) electrons. The van der Waals surface area contributed by atoms with Gasteiger partial charge in [0.25, 0.3) is 0 Å². The predicted octanol–water partition coefficient (Wildman–Crippen LogP) is 3.46. The zero-order chi connectivity index (χ0) is 36.9. The normalized spacial score (nSPS) is 22.0. The monoisotopic (exact) mass is 715 g/mol. The van der Waals surface area contributed by atoms with Crippen molar-refractivity contribution in [2.75, 3.05) is 19.3 Å². The van der Waals surface area contributed by atoms with Gasteiger partial charge in [-0.15, -0.1) is 0 Å². The number of aliphatic hydroxyl groups excluding tert-OH is 1.